The molecule has 0 saturated carbocycles. The maximum Gasteiger partial charge on any atom is 0.241 e. The summed E-state index contributed by atoms with van der Waals surface area (Å²) >= 11 is 0. The molecule has 0 amide bonds. The molecule has 10 heteroatoms. The maximum atomic E-state index is 13.6. The molecule has 5 heterocycles. The summed E-state index contributed by atoms with van der Waals surface area (Å²) < 4.78 is 17.3. The summed E-state index contributed by atoms with van der Waals surface area (Å²) in [4.78, 5) is 16.2. The minimum Gasteiger partial charge on any atom is -0.350 e. The zero-order valence-corrected chi connectivity index (χ0v) is 18.8. The Bertz CT molecular complexity index is 1230. The molecule has 1 aliphatic rings. The highest BCUT2D eigenvalue weighted by molar-refractivity contribution is 7.17. The number of rotatable bonds is 5. The lowest BCUT2D eigenvalue weighted by Gasteiger charge is -2.29. The SMILES string of the molecule is Cc1nc2ccc(-c3ccn4nc(NC5CCN(C)CC5)ncc34)nc2n1CC(F)P. The van der Waals surface area contributed by atoms with Crippen LogP contribution in [0.1, 0.15) is 18.7 Å². The number of halogens is 1. The van der Waals surface area contributed by atoms with Crippen LogP contribution < -0.4 is 5.32 Å². The smallest absolute Gasteiger partial charge is 0.241 e. The zero-order chi connectivity index (χ0) is 21.5. The van der Waals surface area contributed by atoms with Gasteiger partial charge in [-0.3, -0.25) is 0 Å². The van der Waals surface area contributed by atoms with Gasteiger partial charge in [-0.05, 0) is 58.1 Å². The van der Waals surface area contributed by atoms with E-state index in [4.69, 9.17) is 4.98 Å². The molecule has 1 fully saturated rings. The number of hydrogen-bond acceptors (Lipinski definition) is 6. The molecule has 4 aromatic rings. The highest BCUT2D eigenvalue weighted by Crippen LogP contribution is 2.27. The molecule has 2 unspecified atom stereocenters. The first-order chi connectivity index (χ1) is 15.0. The number of piperidine rings is 1. The molecule has 1 aliphatic heterocycles. The Morgan fingerprint density at radius 3 is 2.81 bits per heavy atom. The summed E-state index contributed by atoms with van der Waals surface area (Å²) in [6.45, 7) is 4.24. The summed E-state index contributed by atoms with van der Waals surface area (Å²) in [5.41, 5.74) is 4.03. The minimum atomic E-state index is -1.05. The van der Waals surface area contributed by atoms with Crippen molar-refractivity contribution in [3.63, 3.8) is 0 Å². The van der Waals surface area contributed by atoms with Crippen molar-refractivity contribution in [2.24, 2.45) is 0 Å². The van der Waals surface area contributed by atoms with E-state index in [9.17, 15) is 4.39 Å². The fourth-order valence-corrected chi connectivity index (χ4v) is 4.39. The van der Waals surface area contributed by atoms with Crippen molar-refractivity contribution in [1.82, 2.24) is 34.0 Å². The third-order valence-electron chi connectivity index (χ3n) is 5.88. The van der Waals surface area contributed by atoms with Crippen molar-refractivity contribution in [3.8, 4) is 11.3 Å². The zero-order valence-electron chi connectivity index (χ0n) is 17.7. The van der Waals surface area contributed by atoms with E-state index < -0.39 is 5.91 Å². The van der Waals surface area contributed by atoms with Gasteiger partial charge in [-0.2, -0.15) is 0 Å². The van der Waals surface area contributed by atoms with Crippen molar-refractivity contribution in [3.05, 3.63) is 36.4 Å². The van der Waals surface area contributed by atoms with Crippen LogP contribution in [0.15, 0.2) is 30.6 Å². The third-order valence-corrected chi connectivity index (χ3v) is 6.10. The quantitative estimate of drug-likeness (QED) is 0.481. The average molecular weight is 440 g/mol. The molecule has 8 nitrogen and oxygen atoms in total. The van der Waals surface area contributed by atoms with Gasteiger partial charge in [0.1, 0.15) is 17.3 Å². The normalized spacial score (nSPS) is 16.9. The summed E-state index contributed by atoms with van der Waals surface area (Å²) in [6.07, 6.45) is 5.92. The van der Waals surface area contributed by atoms with Crippen molar-refractivity contribution in [2.75, 3.05) is 25.5 Å². The van der Waals surface area contributed by atoms with E-state index in [-0.39, 0.29) is 6.54 Å². The molecule has 5 rings (SSSR count). The number of nitrogens with zero attached hydrogens (tertiary/aromatic N) is 7. The Morgan fingerprint density at radius 1 is 1.23 bits per heavy atom. The molecule has 0 bridgehead atoms. The van der Waals surface area contributed by atoms with Crippen LogP contribution in [0.5, 0.6) is 0 Å². The molecule has 0 radical (unpaired) electrons. The van der Waals surface area contributed by atoms with E-state index >= 15 is 0 Å². The number of anilines is 1. The lowest BCUT2D eigenvalue weighted by Crippen LogP contribution is -2.37. The van der Waals surface area contributed by atoms with Crippen LogP contribution in [0.4, 0.5) is 10.3 Å². The topological polar surface area (TPSA) is 76.2 Å². The van der Waals surface area contributed by atoms with Gasteiger partial charge in [0.25, 0.3) is 0 Å². The van der Waals surface area contributed by atoms with E-state index in [1.165, 1.54) is 0 Å². The summed E-state index contributed by atoms with van der Waals surface area (Å²) in [5, 5.41) is 8.10. The van der Waals surface area contributed by atoms with Crippen LogP contribution in [0.25, 0.3) is 27.9 Å². The van der Waals surface area contributed by atoms with E-state index in [1.54, 1.807) is 0 Å². The number of nitrogens with one attached hydrogen (secondary N) is 1. The Hall–Kier alpha value is -2.64. The summed E-state index contributed by atoms with van der Waals surface area (Å²) in [7, 11) is 4.33. The van der Waals surface area contributed by atoms with Gasteiger partial charge in [0.05, 0.1) is 24.0 Å². The van der Waals surface area contributed by atoms with E-state index in [0.29, 0.717) is 17.6 Å². The average Bonchev–Trinajstić information content (AvgIpc) is 3.30. The number of fused-ring (bicyclic) bond motifs is 2. The highest BCUT2D eigenvalue weighted by atomic mass is 31.0. The van der Waals surface area contributed by atoms with Crippen molar-refractivity contribution in [2.45, 2.75) is 38.3 Å². The van der Waals surface area contributed by atoms with Crippen LogP contribution in [0, 0.1) is 6.92 Å². The first-order valence-electron chi connectivity index (χ1n) is 10.5. The van der Waals surface area contributed by atoms with Gasteiger partial charge in [0.2, 0.25) is 5.95 Å². The fourth-order valence-electron chi connectivity index (χ4n) is 4.18. The predicted molar refractivity (Wildman–Crippen MR) is 123 cm³/mol. The van der Waals surface area contributed by atoms with Gasteiger partial charge in [-0.1, -0.05) is 9.24 Å². The van der Waals surface area contributed by atoms with Crippen LogP contribution in [-0.4, -0.2) is 66.1 Å². The number of aromatic nitrogens is 6. The Morgan fingerprint density at radius 2 is 2.03 bits per heavy atom. The Kier molecular flexibility index (Phi) is 5.32. The maximum absolute atomic E-state index is 13.6. The third kappa shape index (κ3) is 4.00. The van der Waals surface area contributed by atoms with Gasteiger partial charge in [-0.25, -0.2) is 23.9 Å². The van der Waals surface area contributed by atoms with Crippen molar-refractivity contribution < 1.29 is 4.39 Å². The molecule has 1 saturated heterocycles. The van der Waals surface area contributed by atoms with Gasteiger partial charge >= 0.3 is 0 Å². The lowest BCUT2D eigenvalue weighted by molar-refractivity contribution is 0.263. The number of aryl methyl sites for hydroxylation is 1. The molecule has 0 spiro atoms. The second-order valence-corrected chi connectivity index (χ2v) is 8.91. The van der Waals surface area contributed by atoms with E-state index in [2.05, 4.69) is 41.6 Å². The van der Waals surface area contributed by atoms with Crippen molar-refractivity contribution in [1.29, 1.82) is 0 Å². The molecular weight excluding hydrogens is 414 g/mol. The van der Waals surface area contributed by atoms with Crippen LogP contribution in [-0.2, 0) is 6.54 Å². The van der Waals surface area contributed by atoms with E-state index in [1.807, 2.05) is 46.6 Å². The molecule has 2 atom stereocenters. The number of hydrogen-bond donors (Lipinski definition) is 1. The van der Waals surface area contributed by atoms with Crippen LogP contribution in [0.3, 0.4) is 0 Å². The standard InChI is InChI=1S/C21H26FN8P/c1-13-24-17-4-3-16(26-20(17)29(13)12-19(22)31)15-7-10-30-18(15)11-23-21(27-30)25-14-5-8-28(2)9-6-14/h3-4,7,10-11,14,19H,5-6,8-9,12,31H2,1-2H3,(H,25,27). The van der Waals surface area contributed by atoms with Crippen LogP contribution >= 0.6 is 9.24 Å². The Labute approximate surface area is 182 Å². The highest BCUT2D eigenvalue weighted by Gasteiger charge is 2.18. The lowest BCUT2D eigenvalue weighted by atomic mass is 10.1. The number of pyridine rings is 1. The second kappa shape index (κ2) is 8.13. The van der Waals surface area contributed by atoms with Crippen molar-refractivity contribution >= 4 is 31.9 Å². The molecule has 1 N–H and O–H groups in total. The Balaban J connectivity index is 1.45. The molecule has 0 aliphatic carbocycles. The van der Waals surface area contributed by atoms with Crippen LogP contribution in [0.2, 0.25) is 0 Å². The van der Waals surface area contributed by atoms with Gasteiger partial charge < -0.3 is 14.8 Å². The first kappa shape index (κ1) is 20.3. The predicted octanol–water partition coefficient (Wildman–Crippen LogP) is 3.13. The summed E-state index contributed by atoms with van der Waals surface area (Å²) in [6, 6.07) is 6.25. The minimum absolute atomic E-state index is 0.203. The molecule has 4 aromatic heterocycles. The first-order valence-corrected chi connectivity index (χ1v) is 11.2. The molecule has 31 heavy (non-hydrogen) atoms. The number of likely N-dealkylation sites (tertiary alicyclic amines) is 1. The second-order valence-electron chi connectivity index (χ2n) is 8.19. The molecule has 0 aromatic carbocycles. The van der Waals surface area contributed by atoms with Gasteiger partial charge in [-0.15, -0.1) is 5.10 Å². The largest absolute Gasteiger partial charge is 0.350 e. The number of imidazole rings is 1. The van der Waals surface area contributed by atoms with Gasteiger partial charge in [0, 0.05) is 17.8 Å². The van der Waals surface area contributed by atoms with Gasteiger partial charge in [0.15, 0.2) is 5.65 Å². The summed E-state index contributed by atoms with van der Waals surface area (Å²) in [5.74, 6) is 0.330. The number of alkyl halides is 1. The fraction of sp³-hybridized carbons (Fsp3) is 0.429. The molecular formula is C21H26FN8P. The van der Waals surface area contributed by atoms with E-state index in [0.717, 1.165) is 54.0 Å². The monoisotopic (exact) mass is 440 g/mol. The molecule has 162 valence electrons.